The van der Waals surface area contributed by atoms with Crippen LogP contribution in [0.4, 0.5) is 0 Å². The molecule has 0 N–H and O–H groups in total. The fraction of sp³-hybridized carbons (Fsp3) is 0.818. The third-order valence-corrected chi connectivity index (χ3v) is 4.05. The van der Waals surface area contributed by atoms with E-state index in [1.54, 1.807) is 5.57 Å². The summed E-state index contributed by atoms with van der Waals surface area (Å²) in [5, 5.41) is 0. The molecule has 0 aromatic rings. The maximum Gasteiger partial charge on any atom is 0.0599 e. The minimum absolute atomic E-state index is 0.771. The van der Waals surface area contributed by atoms with Crippen LogP contribution in [0.3, 0.4) is 0 Å². The van der Waals surface area contributed by atoms with Crippen LogP contribution in [0.2, 0.25) is 0 Å². The Morgan fingerprint density at radius 3 is 2.38 bits per heavy atom. The second-order valence-corrected chi connectivity index (χ2v) is 7.17. The van der Waals surface area contributed by atoms with E-state index in [-0.39, 0.29) is 0 Å². The SMILES string of the molecule is CC(C)[C@H]1CC[C@@H](C)CC1=C(Br)Br. The van der Waals surface area contributed by atoms with Crippen molar-refractivity contribution < 1.29 is 0 Å². The van der Waals surface area contributed by atoms with E-state index in [1.807, 2.05) is 0 Å². The molecule has 13 heavy (non-hydrogen) atoms. The van der Waals surface area contributed by atoms with Crippen LogP contribution in [-0.2, 0) is 0 Å². The summed E-state index contributed by atoms with van der Waals surface area (Å²) < 4.78 is 1.20. The van der Waals surface area contributed by atoms with Gasteiger partial charge in [-0.1, -0.05) is 20.8 Å². The third-order valence-electron chi connectivity index (χ3n) is 3.03. The zero-order valence-corrected chi connectivity index (χ0v) is 11.8. The summed E-state index contributed by atoms with van der Waals surface area (Å²) in [6.45, 7) is 6.99. The first-order valence-corrected chi connectivity index (χ1v) is 6.65. The van der Waals surface area contributed by atoms with Crippen molar-refractivity contribution in [3.63, 3.8) is 0 Å². The van der Waals surface area contributed by atoms with E-state index in [0.717, 1.165) is 17.8 Å². The minimum Gasteiger partial charge on any atom is -0.0622 e. The lowest BCUT2D eigenvalue weighted by Gasteiger charge is -2.32. The van der Waals surface area contributed by atoms with E-state index < -0.39 is 0 Å². The van der Waals surface area contributed by atoms with Gasteiger partial charge in [-0.05, 0) is 74.4 Å². The predicted octanol–water partition coefficient (Wildman–Crippen LogP) is 5.08. The predicted molar refractivity (Wildman–Crippen MR) is 66.2 cm³/mol. The Balaban J connectivity index is 2.79. The smallest absolute Gasteiger partial charge is 0.0599 e. The molecular weight excluding hydrogens is 292 g/mol. The van der Waals surface area contributed by atoms with Gasteiger partial charge in [0.05, 0.1) is 3.39 Å². The first kappa shape index (κ1) is 11.8. The molecule has 0 nitrogen and oxygen atoms in total. The number of hydrogen-bond donors (Lipinski definition) is 0. The van der Waals surface area contributed by atoms with Crippen molar-refractivity contribution >= 4 is 31.9 Å². The van der Waals surface area contributed by atoms with Gasteiger partial charge in [0.25, 0.3) is 0 Å². The van der Waals surface area contributed by atoms with Crippen molar-refractivity contribution in [1.82, 2.24) is 0 Å². The summed E-state index contributed by atoms with van der Waals surface area (Å²) in [6.07, 6.45) is 4.00. The monoisotopic (exact) mass is 308 g/mol. The summed E-state index contributed by atoms with van der Waals surface area (Å²) in [7, 11) is 0. The lowest BCUT2D eigenvalue weighted by atomic mass is 9.75. The van der Waals surface area contributed by atoms with Crippen molar-refractivity contribution in [3.8, 4) is 0 Å². The molecule has 0 bridgehead atoms. The highest BCUT2D eigenvalue weighted by Gasteiger charge is 2.26. The van der Waals surface area contributed by atoms with Crippen molar-refractivity contribution in [3.05, 3.63) is 8.96 Å². The Hall–Kier alpha value is 0.700. The van der Waals surface area contributed by atoms with Gasteiger partial charge in [0.2, 0.25) is 0 Å². The molecule has 0 radical (unpaired) electrons. The van der Waals surface area contributed by atoms with Crippen molar-refractivity contribution in [2.75, 3.05) is 0 Å². The first-order valence-electron chi connectivity index (χ1n) is 5.06. The molecule has 1 aliphatic rings. The summed E-state index contributed by atoms with van der Waals surface area (Å²) in [4.78, 5) is 0. The Morgan fingerprint density at radius 1 is 1.31 bits per heavy atom. The summed E-state index contributed by atoms with van der Waals surface area (Å²) in [5.41, 5.74) is 1.59. The molecule has 0 aromatic carbocycles. The number of rotatable bonds is 1. The molecule has 0 saturated heterocycles. The summed E-state index contributed by atoms with van der Waals surface area (Å²) in [5.74, 6) is 2.41. The Morgan fingerprint density at radius 2 is 1.92 bits per heavy atom. The van der Waals surface area contributed by atoms with Crippen LogP contribution in [0.5, 0.6) is 0 Å². The molecule has 1 fully saturated rings. The summed E-state index contributed by atoms with van der Waals surface area (Å²) >= 11 is 7.14. The highest BCUT2D eigenvalue weighted by atomic mass is 79.9. The van der Waals surface area contributed by atoms with Crippen LogP contribution in [0, 0.1) is 17.8 Å². The van der Waals surface area contributed by atoms with Gasteiger partial charge >= 0.3 is 0 Å². The van der Waals surface area contributed by atoms with E-state index in [4.69, 9.17) is 0 Å². The molecule has 0 heterocycles. The molecule has 2 heteroatoms. The van der Waals surface area contributed by atoms with E-state index in [0.29, 0.717) is 0 Å². The highest BCUT2D eigenvalue weighted by Crippen LogP contribution is 2.41. The second kappa shape index (κ2) is 4.97. The van der Waals surface area contributed by atoms with Gasteiger partial charge in [0.15, 0.2) is 0 Å². The van der Waals surface area contributed by atoms with Crippen LogP contribution in [0.15, 0.2) is 8.96 Å². The normalized spacial score (nSPS) is 29.5. The minimum atomic E-state index is 0.771. The molecule has 1 aliphatic carbocycles. The maximum atomic E-state index is 3.57. The molecule has 1 saturated carbocycles. The van der Waals surface area contributed by atoms with E-state index in [1.165, 1.54) is 22.7 Å². The molecule has 2 atom stereocenters. The van der Waals surface area contributed by atoms with Crippen LogP contribution in [-0.4, -0.2) is 0 Å². The van der Waals surface area contributed by atoms with Gasteiger partial charge < -0.3 is 0 Å². The maximum absolute atomic E-state index is 3.57. The first-order chi connectivity index (χ1) is 6.02. The van der Waals surface area contributed by atoms with Crippen LogP contribution < -0.4 is 0 Å². The number of allylic oxidation sites excluding steroid dienone is 1. The van der Waals surface area contributed by atoms with Crippen molar-refractivity contribution in [2.45, 2.75) is 40.0 Å². The molecule has 1 rings (SSSR count). The average Bonchev–Trinajstić information content (AvgIpc) is 2.03. The van der Waals surface area contributed by atoms with Gasteiger partial charge in [-0.2, -0.15) is 0 Å². The standard InChI is InChI=1S/C11H18Br2/c1-7(2)9-5-4-8(3)6-10(9)11(12)13/h7-9H,4-6H2,1-3H3/t8-,9-/m1/s1. The summed E-state index contributed by atoms with van der Waals surface area (Å²) in [6, 6.07) is 0. The van der Waals surface area contributed by atoms with Gasteiger partial charge in [0.1, 0.15) is 0 Å². The molecule has 0 spiro atoms. The molecule has 0 unspecified atom stereocenters. The Labute approximate surface area is 98.4 Å². The third kappa shape index (κ3) is 3.09. The molecular formula is C11H18Br2. The lowest BCUT2D eigenvalue weighted by molar-refractivity contribution is 0.308. The van der Waals surface area contributed by atoms with Gasteiger partial charge in [-0.15, -0.1) is 0 Å². The highest BCUT2D eigenvalue weighted by molar-refractivity contribution is 9.28. The van der Waals surface area contributed by atoms with Crippen LogP contribution >= 0.6 is 31.9 Å². The number of halogens is 2. The fourth-order valence-electron chi connectivity index (χ4n) is 2.22. The molecule has 0 aliphatic heterocycles. The van der Waals surface area contributed by atoms with Crippen molar-refractivity contribution in [1.29, 1.82) is 0 Å². The topological polar surface area (TPSA) is 0 Å². The van der Waals surface area contributed by atoms with Gasteiger partial charge in [-0.3, -0.25) is 0 Å². The van der Waals surface area contributed by atoms with Gasteiger partial charge in [0, 0.05) is 0 Å². The van der Waals surface area contributed by atoms with E-state index in [9.17, 15) is 0 Å². The van der Waals surface area contributed by atoms with E-state index >= 15 is 0 Å². The molecule has 0 amide bonds. The second-order valence-electron chi connectivity index (χ2n) is 4.52. The number of hydrogen-bond acceptors (Lipinski definition) is 0. The van der Waals surface area contributed by atoms with Crippen molar-refractivity contribution in [2.24, 2.45) is 17.8 Å². The zero-order valence-electron chi connectivity index (χ0n) is 8.61. The Bertz CT molecular complexity index is 202. The zero-order chi connectivity index (χ0) is 10.0. The molecule has 0 aromatic heterocycles. The largest absolute Gasteiger partial charge is 0.0622 e. The van der Waals surface area contributed by atoms with Gasteiger partial charge in [-0.25, -0.2) is 0 Å². The molecule has 76 valence electrons. The lowest BCUT2D eigenvalue weighted by Crippen LogP contribution is -2.20. The quantitative estimate of drug-likeness (QED) is 0.633. The average molecular weight is 310 g/mol. The fourth-order valence-corrected chi connectivity index (χ4v) is 3.13. The van der Waals surface area contributed by atoms with E-state index in [2.05, 4.69) is 52.6 Å². The van der Waals surface area contributed by atoms with Crippen LogP contribution in [0.25, 0.3) is 0 Å². The van der Waals surface area contributed by atoms with Crippen LogP contribution in [0.1, 0.15) is 40.0 Å². The Kier molecular flexibility index (Phi) is 4.50.